The third-order valence-corrected chi connectivity index (χ3v) is 5.38. The van der Waals surface area contributed by atoms with Crippen LogP contribution in [0.5, 0.6) is 11.5 Å². The molecule has 0 unspecified atom stereocenters. The summed E-state index contributed by atoms with van der Waals surface area (Å²) in [6.45, 7) is 2.03. The highest BCUT2D eigenvalue weighted by atomic mass is 79.9. The summed E-state index contributed by atoms with van der Waals surface area (Å²) in [5, 5.41) is 0. The van der Waals surface area contributed by atoms with Crippen molar-refractivity contribution in [1.29, 1.82) is 0 Å². The van der Waals surface area contributed by atoms with Gasteiger partial charge in [-0.3, -0.25) is 4.79 Å². The van der Waals surface area contributed by atoms with E-state index in [2.05, 4.69) is 15.9 Å². The first-order valence-corrected chi connectivity index (χ1v) is 10.1. The van der Waals surface area contributed by atoms with Crippen molar-refractivity contribution in [3.8, 4) is 11.5 Å². The van der Waals surface area contributed by atoms with Crippen molar-refractivity contribution in [3.63, 3.8) is 0 Å². The van der Waals surface area contributed by atoms with Gasteiger partial charge in [-0.1, -0.05) is 15.9 Å². The largest absolute Gasteiger partial charge is 0.497 e. The molecule has 1 amide bonds. The van der Waals surface area contributed by atoms with Crippen LogP contribution in [0.25, 0.3) is 0 Å². The Morgan fingerprint density at radius 1 is 1.11 bits per heavy atom. The highest BCUT2D eigenvalue weighted by Gasteiger charge is 2.54. The quantitative estimate of drug-likeness (QED) is 0.629. The van der Waals surface area contributed by atoms with Gasteiger partial charge in [0.2, 0.25) is 0 Å². The smallest absolute Gasteiger partial charge is 0.292 e. The van der Waals surface area contributed by atoms with Gasteiger partial charge in [0.25, 0.3) is 11.7 Å². The summed E-state index contributed by atoms with van der Waals surface area (Å²) in [6.07, 6.45) is 1.47. The van der Waals surface area contributed by atoms with Gasteiger partial charge in [-0.05, 0) is 55.3 Å². The maximum atomic E-state index is 13.2. The summed E-state index contributed by atoms with van der Waals surface area (Å²) < 4.78 is 23.6. The molecule has 0 bridgehead atoms. The van der Waals surface area contributed by atoms with Crippen LogP contribution in [0, 0.1) is 0 Å². The average molecular weight is 448 g/mol. The van der Waals surface area contributed by atoms with Crippen LogP contribution in [0.1, 0.15) is 18.4 Å². The molecule has 1 saturated heterocycles. The predicted octanol–water partition coefficient (Wildman–Crippen LogP) is 3.86. The summed E-state index contributed by atoms with van der Waals surface area (Å²) in [7, 11) is 1.63. The molecule has 0 radical (unpaired) electrons. The van der Waals surface area contributed by atoms with Crippen molar-refractivity contribution in [2.24, 2.45) is 0 Å². The minimum atomic E-state index is -1.31. The SMILES string of the molecule is COc1ccc(OCCCN2C(=O)C3(OCCCO3)c3cc(Br)ccc32)cc1. The molecule has 28 heavy (non-hydrogen) atoms. The highest BCUT2D eigenvalue weighted by Crippen LogP contribution is 2.46. The number of hydrogen-bond donors (Lipinski definition) is 0. The molecule has 0 aliphatic carbocycles. The van der Waals surface area contributed by atoms with Crippen molar-refractivity contribution < 1.29 is 23.7 Å². The Kier molecular flexibility index (Phi) is 5.57. The highest BCUT2D eigenvalue weighted by molar-refractivity contribution is 9.10. The Morgan fingerprint density at radius 2 is 1.82 bits per heavy atom. The van der Waals surface area contributed by atoms with Gasteiger partial charge in [0.1, 0.15) is 11.5 Å². The van der Waals surface area contributed by atoms with E-state index in [4.69, 9.17) is 18.9 Å². The van der Waals surface area contributed by atoms with Gasteiger partial charge >= 0.3 is 0 Å². The second kappa shape index (κ2) is 8.11. The maximum Gasteiger partial charge on any atom is 0.292 e. The summed E-state index contributed by atoms with van der Waals surface area (Å²) >= 11 is 3.48. The Morgan fingerprint density at radius 3 is 2.54 bits per heavy atom. The molecule has 2 aliphatic rings. The number of fused-ring (bicyclic) bond motifs is 2. The maximum absolute atomic E-state index is 13.2. The van der Waals surface area contributed by atoms with E-state index in [9.17, 15) is 4.79 Å². The van der Waals surface area contributed by atoms with Crippen LogP contribution in [-0.2, 0) is 20.1 Å². The molecule has 0 atom stereocenters. The molecule has 148 valence electrons. The standard InChI is InChI=1S/C21H22BrNO5/c1-25-16-5-7-17(8-6-16)26-11-2-10-23-19-9-4-15(22)14-18(19)21(20(23)24)27-12-3-13-28-21/h4-9,14H,2-3,10-13H2,1H3. The minimum absolute atomic E-state index is 0.162. The Labute approximate surface area is 172 Å². The lowest BCUT2D eigenvalue weighted by Crippen LogP contribution is -2.47. The van der Waals surface area contributed by atoms with Crippen LogP contribution >= 0.6 is 15.9 Å². The molecular formula is C21H22BrNO5. The molecule has 6 nitrogen and oxygen atoms in total. The van der Waals surface area contributed by atoms with Crippen LogP contribution < -0.4 is 14.4 Å². The molecule has 7 heteroatoms. The Bertz CT molecular complexity index is 848. The Hall–Kier alpha value is -2.09. The molecule has 2 heterocycles. The fraction of sp³-hybridized carbons (Fsp3) is 0.381. The fourth-order valence-electron chi connectivity index (χ4n) is 3.53. The van der Waals surface area contributed by atoms with Crippen LogP contribution in [-0.4, -0.2) is 39.4 Å². The number of benzene rings is 2. The number of rotatable bonds is 6. The van der Waals surface area contributed by atoms with Crippen molar-refractivity contribution in [2.75, 3.05) is 38.4 Å². The number of carbonyl (C=O) groups excluding carboxylic acids is 1. The predicted molar refractivity (Wildman–Crippen MR) is 108 cm³/mol. The van der Waals surface area contributed by atoms with Gasteiger partial charge in [-0.25, -0.2) is 0 Å². The lowest BCUT2D eigenvalue weighted by Gasteiger charge is -2.32. The molecular weight excluding hydrogens is 426 g/mol. The van der Waals surface area contributed by atoms with Gasteiger partial charge in [0, 0.05) is 16.6 Å². The number of ether oxygens (including phenoxy) is 4. The summed E-state index contributed by atoms with van der Waals surface area (Å²) in [6, 6.07) is 13.2. The van der Waals surface area contributed by atoms with Crippen LogP contribution in [0.2, 0.25) is 0 Å². The van der Waals surface area contributed by atoms with Crippen LogP contribution in [0.4, 0.5) is 5.69 Å². The number of hydrogen-bond acceptors (Lipinski definition) is 5. The zero-order valence-electron chi connectivity index (χ0n) is 15.7. The van der Waals surface area contributed by atoms with Gasteiger partial charge in [0.15, 0.2) is 0 Å². The number of carbonyl (C=O) groups is 1. The lowest BCUT2D eigenvalue weighted by molar-refractivity contribution is -0.256. The second-order valence-corrected chi connectivity index (χ2v) is 7.58. The molecule has 4 rings (SSSR count). The minimum Gasteiger partial charge on any atom is -0.497 e. The van der Waals surface area contributed by atoms with E-state index >= 15 is 0 Å². The van der Waals surface area contributed by atoms with E-state index < -0.39 is 5.79 Å². The van der Waals surface area contributed by atoms with E-state index in [1.165, 1.54) is 0 Å². The van der Waals surface area contributed by atoms with E-state index in [1.54, 1.807) is 12.0 Å². The second-order valence-electron chi connectivity index (χ2n) is 6.66. The van der Waals surface area contributed by atoms with E-state index in [0.29, 0.717) is 32.8 Å². The summed E-state index contributed by atoms with van der Waals surface area (Å²) in [4.78, 5) is 14.9. The average Bonchev–Trinajstić information content (AvgIpc) is 2.94. The number of halogens is 1. The van der Waals surface area contributed by atoms with Crippen molar-refractivity contribution in [3.05, 3.63) is 52.5 Å². The van der Waals surface area contributed by atoms with E-state index in [1.807, 2.05) is 42.5 Å². The Balaban J connectivity index is 1.43. The zero-order valence-corrected chi connectivity index (χ0v) is 17.2. The molecule has 2 aromatic carbocycles. The summed E-state index contributed by atoms with van der Waals surface area (Å²) in [5.41, 5.74) is 1.60. The molecule has 2 aliphatic heterocycles. The monoisotopic (exact) mass is 447 g/mol. The summed E-state index contributed by atoms with van der Waals surface area (Å²) in [5.74, 6) is 0.0856. The van der Waals surface area contributed by atoms with E-state index in [-0.39, 0.29) is 5.91 Å². The van der Waals surface area contributed by atoms with Crippen LogP contribution in [0.3, 0.4) is 0 Å². The first-order chi connectivity index (χ1) is 13.6. The van der Waals surface area contributed by atoms with Crippen molar-refractivity contribution >= 4 is 27.5 Å². The van der Waals surface area contributed by atoms with Gasteiger partial charge in [-0.15, -0.1) is 0 Å². The van der Waals surface area contributed by atoms with Gasteiger partial charge in [-0.2, -0.15) is 0 Å². The zero-order chi connectivity index (χ0) is 19.6. The van der Waals surface area contributed by atoms with E-state index in [0.717, 1.165) is 33.6 Å². The molecule has 0 aromatic heterocycles. The number of anilines is 1. The number of nitrogens with zero attached hydrogens (tertiary/aromatic N) is 1. The number of amides is 1. The molecule has 1 spiro atoms. The van der Waals surface area contributed by atoms with Crippen molar-refractivity contribution in [2.45, 2.75) is 18.6 Å². The van der Waals surface area contributed by atoms with Gasteiger partial charge < -0.3 is 23.8 Å². The third kappa shape index (κ3) is 3.50. The molecule has 2 aromatic rings. The van der Waals surface area contributed by atoms with Crippen LogP contribution in [0.15, 0.2) is 46.9 Å². The van der Waals surface area contributed by atoms with Gasteiger partial charge in [0.05, 0.1) is 32.6 Å². The first kappa shape index (κ1) is 19.2. The fourth-order valence-corrected chi connectivity index (χ4v) is 3.89. The normalized spacial score (nSPS) is 17.6. The first-order valence-electron chi connectivity index (χ1n) is 9.31. The lowest BCUT2D eigenvalue weighted by atomic mass is 10.1. The molecule has 1 fully saturated rings. The molecule has 0 saturated carbocycles. The number of methoxy groups -OCH3 is 1. The van der Waals surface area contributed by atoms with Crippen molar-refractivity contribution in [1.82, 2.24) is 0 Å². The molecule has 0 N–H and O–H groups in total. The third-order valence-electron chi connectivity index (χ3n) is 4.88. The topological polar surface area (TPSA) is 57.2 Å².